The van der Waals surface area contributed by atoms with Gasteiger partial charge in [0.1, 0.15) is 46.2 Å². The van der Waals surface area contributed by atoms with Crippen molar-refractivity contribution in [3.05, 3.63) is 76.5 Å². The number of ether oxygens (including phenoxy) is 1. The number of fused-ring (bicyclic) bond motifs is 2. The molecule has 3 aromatic heterocycles. The molecule has 1 aliphatic rings. The molecule has 2 amide bonds. The number of halogens is 2. The molecule has 4 aromatic rings. The van der Waals surface area contributed by atoms with Gasteiger partial charge in [-0.15, -0.1) is 0 Å². The normalized spacial score (nSPS) is 18.2. The van der Waals surface area contributed by atoms with E-state index in [2.05, 4.69) is 20.3 Å². The third-order valence-corrected chi connectivity index (χ3v) is 6.77. The van der Waals surface area contributed by atoms with Crippen LogP contribution in [-0.4, -0.2) is 45.0 Å². The van der Waals surface area contributed by atoms with E-state index in [0.29, 0.717) is 38.6 Å². The first-order chi connectivity index (χ1) is 17.5. The van der Waals surface area contributed by atoms with Crippen LogP contribution in [0.15, 0.2) is 48.7 Å². The van der Waals surface area contributed by atoms with Crippen molar-refractivity contribution in [2.45, 2.75) is 24.9 Å². The number of primary amides is 1. The zero-order valence-corrected chi connectivity index (χ0v) is 20.7. The summed E-state index contributed by atoms with van der Waals surface area (Å²) in [5.41, 5.74) is 5.08. The van der Waals surface area contributed by atoms with E-state index >= 15 is 0 Å². The summed E-state index contributed by atoms with van der Waals surface area (Å²) >= 11 is 5.97. The second-order valence-electron chi connectivity index (χ2n) is 9.46. The number of pyridine rings is 2. The molecule has 5 rings (SSSR count). The van der Waals surface area contributed by atoms with Crippen molar-refractivity contribution in [1.29, 1.82) is 0 Å². The Labute approximate surface area is 215 Å². The third-order valence-electron chi connectivity index (χ3n) is 6.56. The predicted octanol–water partition coefficient (Wildman–Crippen LogP) is 3.19. The number of aromatic nitrogens is 3. The van der Waals surface area contributed by atoms with Gasteiger partial charge in [0.2, 0.25) is 5.91 Å². The lowest BCUT2D eigenvalue weighted by Crippen LogP contribution is -2.41. The summed E-state index contributed by atoms with van der Waals surface area (Å²) in [6.07, 6.45) is 1.47. The minimum Gasteiger partial charge on any atom is -0.489 e. The van der Waals surface area contributed by atoms with Gasteiger partial charge in [0.05, 0.1) is 17.3 Å². The number of hydrogen-bond donors (Lipinski definition) is 4. The van der Waals surface area contributed by atoms with E-state index < -0.39 is 28.6 Å². The van der Waals surface area contributed by atoms with E-state index in [1.807, 2.05) is 0 Å². The highest BCUT2D eigenvalue weighted by molar-refractivity contribution is 6.31. The summed E-state index contributed by atoms with van der Waals surface area (Å²) in [7, 11) is 0. The molecule has 2 atom stereocenters. The molecule has 1 aromatic carbocycles. The van der Waals surface area contributed by atoms with Gasteiger partial charge in [-0.05, 0) is 56.3 Å². The number of nitrogens with one attached hydrogen (secondary N) is 2. The summed E-state index contributed by atoms with van der Waals surface area (Å²) in [6.45, 7) is 2.92. The number of carbonyl (C=O) groups excluding carboxylic acids is 2. The fraction of sp³-hybridized carbons (Fsp3) is 0.231. The quantitative estimate of drug-likeness (QED) is 0.305. The minimum absolute atomic E-state index is 0.00565. The molecule has 0 unspecified atom stereocenters. The summed E-state index contributed by atoms with van der Waals surface area (Å²) in [4.78, 5) is 36.8. The number of carbonyl (C=O) groups is 2. The van der Waals surface area contributed by atoms with Crippen molar-refractivity contribution in [2.75, 3.05) is 13.2 Å². The van der Waals surface area contributed by atoms with Gasteiger partial charge in [-0.2, -0.15) is 0 Å². The number of benzene rings is 1. The second-order valence-corrected chi connectivity index (χ2v) is 9.89. The minimum atomic E-state index is -1.66. The Morgan fingerprint density at radius 1 is 1.30 bits per heavy atom. The molecule has 0 radical (unpaired) electrons. The van der Waals surface area contributed by atoms with Crippen LogP contribution in [0.1, 0.15) is 35.6 Å². The first kappa shape index (κ1) is 24.7. The number of aromatic amines is 1. The number of nitrogens with zero attached hydrogens (tertiary/aromatic N) is 2. The maximum absolute atomic E-state index is 13.6. The molecule has 0 spiro atoms. The van der Waals surface area contributed by atoms with Gasteiger partial charge in [-0.3, -0.25) is 9.59 Å². The van der Waals surface area contributed by atoms with Crippen LogP contribution in [0.2, 0.25) is 5.02 Å². The number of amides is 2. The Morgan fingerprint density at radius 2 is 2.03 bits per heavy atom. The largest absolute Gasteiger partial charge is 0.489 e. The van der Waals surface area contributed by atoms with Crippen LogP contribution < -0.4 is 15.8 Å². The summed E-state index contributed by atoms with van der Waals surface area (Å²) in [5.74, 6) is -1.17. The Hall–Kier alpha value is -4.02. The smallest absolute Gasteiger partial charge is 0.267 e. The van der Waals surface area contributed by atoms with Crippen molar-refractivity contribution in [3.8, 4) is 17.0 Å². The highest BCUT2D eigenvalue weighted by atomic mass is 35.5. The van der Waals surface area contributed by atoms with Crippen molar-refractivity contribution < 1.29 is 23.8 Å². The van der Waals surface area contributed by atoms with Crippen LogP contribution in [0, 0.1) is 5.82 Å². The van der Waals surface area contributed by atoms with E-state index in [0.717, 1.165) is 0 Å². The maximum Gasteiger partial charge on any atom is 0.267 e. The molecule has 190 valence electrons. The lowest BCUT2D eigenvalue weighted by Gasteiger charge is -2.26. The average Bonchev–Trinajstić information content (AvgIpc) is 3.44. The SMILES string of the molecule is C[C@](O)(CNC(=O)c1cc2cc(Cl)cnc2[nH]1)c1cc2c(c(-c3ccc(F)cc3)n1)OC[C@]2(C)C(N)=O. The van der Waals surface area contributed by atoms with E-state index in [9.17, 15) is 19.1 Å². The molecule has 0 bridgehead atoms. The van der Waals surface area contributed by atoms with Crippen LogP contribution in [0.25, 0.3) is 22.3 Å². The molecule has 0 fully saturated rings. The van der Waals surface area contributed by atoms with Gasteiger partial charge in [-0.25, -0.2) is 14.4 Å². The molecule has 9 nitrogen and oxygen atoms in total. The number of aliphatic hydroxyl groups is 1. The fourth-order valence-electron chi connectivity index (χ4n) is 4.22. The fourth-order valence-corrected chi connectivity index (χ4v) is 4.38. The Kier molecular flexibility index (Phi) is 5.88. The zero-order valence-electron chi connectivity index (χ0n) is 19.9. The Balaban J connectivity index is 1.49. The van der Waals surface area contributed by atoms with E-state index in [4.69, 9.17) is 22.1 Å². The molecule has 5 N–H and O–H groups in total. The predicted molar refractivity (Wildman–Crippen MR) is 135 cm³/mol. The van der Waals surface area contributed by atoms with E-state index in [1.54, 1.807) is 25.1 Å². The highest BCUT2D eigenvalue weighted by Crippen LogP contribution is 2.45. The molecule has 0 saturated heterocycles. The molecule has 0 aliphatic carbocycles. The lowest BCUT2D eigenvalue weighted by atomic mass is 9.82. The first-order valence-corrected chi connectivity index (χ1v) is 11.8. The standard InChI is InChI=1S/C26H23ClFN5O4/c1-25(24(29)35)12-37-21-17(25)9-19(33-20(21)13-3-5-16(28)6-4-13)26(2,36)11-31-23(34)18-8-14-7-15(27)10-30-22(14)32-18/h3-10,36H,11-12H2,1-2H3,(H2,29,35)(H,30,32)(H,31,34)/t25-,26-/m0/s1. The van der Waals surface area contributed by atoms with Crippen molar-refractivity contribution in [1.82, 2.24) is 20.3 Å². The number of rotatable bonds is 6. The van der Waals surface area contributed by atoms with Crippen LogP contribution >= 0.6 is 11.6 Å². The molecular formula is C26H23ClFN5O4. The van der Waals surface area contributed by atoms with Crippen molar-refractivity contribution in [2.24, 2.45) is 5.73 Å². The summed E-state index contributed by atoms with van der Waals surface area (Å²) < 4.78 is 19.4. The summed E-state index contributed by atoms with van der Waals surface area (Å²) in [6, 6.07) is 10.4. The van der Waals surface area contributed by atoms with Crippen molar-refractivity contribution >= 4 is 34.4 Å². The second kappa shape index (κ2) is 8.82. The molecule has 11 heteroatoms. The lowest BCUT2D eigenvalue weighted by molar-refractivity contribution is -0.123. The van der Waals surface area contributed by atoms with Gasteiger partial charge in [0.25, 0.3) is 5.91 Å². The molecule has 1 aliphatic heterocycles. The Bertz CT molecular complexity index is 1550. The van der Waals surface area contributed by atoms with Gasteiger partial charge in [0, 0.05) is 22.7 Å². The topological polar surface area (TPSA) is 143 Å². The number of H-pyrrole nitrogens is 1. The Morgan fingerprint density at radius 3 is 2.73 bits per heavy atom. The number of nitrogens with two attached hydrogens (primary N) is 1. The monoisotopic (exact) mass is 523 g/mol. The zero-order chi connectivity index (χ0) is 26.5. The molecule has 0 saturated carbocycles. The van der Waals surface area contributed by atoms with Crippen LogP contribution in [0.3, 0.4) is 0 Å². The molecule has 4 heterocycles. The van der Waals surface area contributed by atoms with Crippen molar-refractivity contribution in [3.63, 3.8) is 0 Å². The number of hydrogen-bond acceptors (Lipinski definition) is 6. The van der Waals surface area contributed by atoms with E-state index in [1.165, 1.54) is 37.4 Å². The van der Waals surface area contributed by atoms with Crippen LogP contribution in [0.5, 0.6) is 5.75 Å². The maximum atomic E-state index is 13.6. The van der Waals surface area contributed by atoms with Gasteiger partial charge in [0.15, 0.2) is 0 Å². The highest BCUT2D eigenvalue weighted by Gasteiger charge is 2.45. The van der Waals surface area contributed by atoms with Gasteiger partial charge in [-0.1, -0.05) is 11.6 Å². The summed E-state index contributed by atoms with van der Waals surface area (Å²) in [5, 5.41) is 15.2. The molecule has 37 heavy (non-hydrogen) atoms. The first-order valence-electron chi connectivity index (χ1n) is 11.4. The van der Waals surface area contributed by atoms with Gasteiger partial charge >= 0.3 is 0 Å². The van der Waals surface area contributed by atoms with Gasteiger partial charge < -0.3 is 25.9 Å². The average molecular weight is 524 g/mol. The van der Waals surface area contributed by atoms with Crippen LogP contribution in [-0.2, 0) is 15.8 Å². The molecular weight excluding hydrogens is 501 g/mol. The third kappa shape index (κ3) is 4.38. The van der Waals surface area contributed by atoms with E-state index in [-0.39, 0.29) is 24.5 Å². The van der Waals surface area contributed by atoms with Crippen LogP contribution in [0.4, 0.5) is 4.39 Å².